The molecule has 17 bridgehead atoms. The lowest BCUT2D eigenvalue weighted by molar-refractivity contribution is -0.137. The number of aliphatic hydroxyl groups excluding tert-OH is 2. The third kappa shape index (κ3) is 14.1. The Morgan fingerprint density at radius 1 is 0.579 bits per heavy atom. The molecular formula is C66H63Cl2N9O18. The lowest BCUT2D eigenvalue weighted by atomic mass is 9.89. The minimum Gasteiger partial charge on any atom is -0.508 e. The van der Waals surface area contributed by atoms with Crippen LogP contribution in [-0.2, 0) is 40.0 Å². The Kier molecular flexibility index (Phi) is 18.9. The van der Waals surface area contributed by atoms with E-state index in [2.05, 4.69) is 42.5 Å². The minimum atomic E-state index is -2.17. The zero-order valence-electron chi connectivity index (χ0n) is 50.6. The lowest BCUT2D eigenvalue weighted by Gasteiger charge is -2.31. The maximum atomic E-state index is 15.9. The molecule has 1 unspecified atom stereocenters. The van der Waals surface area contributed by atoms with E-state index >= 15 is 24.0 Å². The van der Waals surface area contributed by atoms with E-state index in [0.717, 1.165) is 48.5 Å². The van der Waals surface area contributed by atoms with Crippen LogP contribution in [0.15, 0.2) is 115 Å². The molecule has 7 aromatic carbocycles. The van der Waals surface area contributed by atoms with E-state index in [-0.39, 0.29) is 90.5 Å². The fourth-order valence-electron chi connectivity index (χ4n) is 11.4. The summed E-state index contributed by atoms with van der Waals surface area (Å²) in [6.07, 6.45) is -2.02. The molecule has 95 heavy (non-hydrogen) atoms. The highest BCUT2D eigenvalue weighted by atomic mass is 35.5. The molecule has 0 spiro atoms. The number of rotatable bonds is 8. The number of aromatic hydroxyl groups is 6. The highest BCUT2D eigenvalue weighted by molar-refractivity contribution is 6.32. The molecule has 0 aliphatic carbocycles. The van der Waals surface area contributed by atoms with Gasteiger partial charge in [0, 0.05) is 42.3 Å². The van der Waals surface area contributed by atoms with Crippen LogP contribution in [0.3, 0.4) is 0 Å². The predicted molar refractivity (Wildman–Crippen MR) is 339 cm³/mol. The number of halogens is 2. The van der Waals surface area contributed by atoms with Crippen molar-refractivity contribution in [2.24, 2.45) is 0 Å². The minimum absolute atomic E-state index is 0.0501. The van der Waals surface area contributed by atoms with E-state index in [1.54, 1.807) is 6.92 Å². The fraction of sp³-hybridized carbons (Fsp3) is 0.258. The van der Waals surface area contributed by atoms with Gasteiger partial charge in [0.1, 0.15) is 88.6 Å². The molecule has 0 saturated carbocycles. The molecule has 9 atom stereocenters. The van der Waals surface area contributed by atoms with E-state index in [9.17, 15) is 50.4 Å². The van der Waals surface area contributed by atoms with Crippen LogP contribution in [0.1, 0.15) is 88.6 Å². The topological polar surface area (TPSA) is 408 Å². The molecule has 27 nitrogen and oxygen atoms in total. The predicted octanol–water partition coefficient (Wildman–Crippen LogP) is 4.98. The van der Waals surface area contributed by atoms with Gasteiger partial charge < -0.3 is 97.2 Å². The van der Waals surface area contributed by atoms with Crippen molar-refractivity contribution >= 4 is 64.6 Å². The van der Waals surface area contributed by atoms with Crippen molar-refractivity contribution in [1.29, 1.82) is 0 Å². The van der Waals surface area contributed by atoms with Crippen molar-refractivity contribution in [2.45, 2.75) is 74.2 Å². The molecule has 494 valence electrons. The smallest absolute Gasteiger partial charge is 0.248 e. The summed E-state index contributed by atoms with van der Waals surface area (Å²) in [6, 6.07) is 8.84. The number of carbonyl (C=O) groups excluding carboxylic acids is 7. The number of hydrogen-bond acceptors (Lipinski definition) is 20. The van der Waals surface area contributed by atoms with Gasteiger partial charge in [0.2, 0.25) is 47.1 Å². The standard InChI is InChI=1S/C66H63Cl2N9O18/c1-28(27-78)70-52-31-7-10-44(82)48(21-31)93-37-18-33(17-35(79)24-37)54-64(90)74-55-34-22-49(94-46-11-5-29(15-40(46)67)16-42(60(86)72-54)71-62(52)88)59(85)50(23-34)95-47-12-8-32(20-41(47)68)58(84)57-66(92)75-56(61(87)69-13-4-14-77(2)3)39-25-36(80)26-45(83)51(39)38-19-30(6-9-43(38)81)53(63(89)76-57)73-65(55)91/h5-12,15,17-26,28,42,52-58,70,78-85H,4,13-14,16,27H2,1-3H3,(H,69,87)(H,71,88)(H,72,86)(H,73,91)(H,74,90)(H,75,92)(H,76,89)/t28?,42-,52-,53-,54+,55-,56+,57+,58-/m1/s1. The van der Waals surface area contributed by atoms with E-state index in [4.69, 9.17) is 37.4 Å². The Morgan fingerprint density at radius 2 is 1.18 bits per heavy atom. The molecule has 16 N–H and O–H groups in total. The van der Waals surface area contributed by atoms with Crippen molar-refractivity contribution in [3.05, 3.63) is 164 Å². The molecule has 0 radical (unpaired) electrons. The summed E-state index contributed by atoms with van der Waals surface area (Å²) in [7, 11) is 3.63. The Balaban J connectivity index is 1.12. The number of carbonyl (C=O) groups is 7. The number of amides is 7. The van der Waals surface area contributed by atoms with Crippen LogP contribution in [-0.4, -0.2) is 139 Å². The summed E-state index contributed by atoms with van der Waals surface area (Å²) in [5.74, 6) is -13.4. The van der Waals surface area contributed by atoms with Crippen LogP contribution in [0.4, 0.5) is 0 Å². The molecule has 0 saturated heterocycles. The molecule has 6 heterocycles. The van der Waals surface area contributed by atoms with Gasteiger partial charge in [0.05, 0.1) is 16.7 Å². The van der Waals surface area contributed by atoms with Gasteiger partial charge in [-0.05, 0) is 152 Å². The number of fused-ring (bicyclic) bond motifs is 14. The van der Waals surface area contributed by atoms with Crippen molar-refractivity contribution in [3.8, 4) is 80.1 Å². The maximum Gasteiger partial charge on any atom is 0.248 e. The van der Waals surface area contributed by atoms with E-state index in [0.29, 0.717) is 18.5 Å². The molecule has 7 aromatic rings. The summed E-state index contributed by atoms with van der Waals surface area (Å²) in [6.45, 7) is 1.70. The first-order valence-corrected chi connectivity index (χ1v) is 30.4. The quantitative estimate of drug-likeness (QED) is 0.0892. The number of nitrogens with zero attached hydrogens (tertiary/aromatic N) is 1. The van der Waals surface area contributed by atoms with Crippen molar-refractivity contribution < 1.29 is 88.6 Å². The van der Waals surface area contributed by atoms with Gasteiger partial charge in [-0.2, -0.15) is 0 Å². The number of phenols is 6. The summed E-state index contributed by atoms with van der Waals surface area (Å²) >= 11 is 13.9. The van der Waals surface area contributed by atoms with Crippen molar-refractivity contribution in [1.82, 2.24) is 47.4 Å². The van der Waals surface area contributed by atoms with Crippen LogP contribution in [0.2, 0.25) is 10.0 Å². The highest BCUT2D eigenvalue weighted by Crippen LogP contribution is 2.48. The van der Waals surface area contributed by atoms with Crippen LogP contribution < -0.4 is 56.7 Å². The molecule has 6 aliphatic heterocycles. The van der Waals surface area contributed by atoms with Gasteiger partial charge in [0.15, 0.2) is 23.0 Å². The second-order valence-corrected chi connectivity index (χ2v) is 24.2. The Labute approximate surface area is 550 Å². The Morgan fingerprint density at radius 3 is 1.85 bits per heavy atom. The summed E-state index contributed by atoms with van der Waals surface area (Å²) in [5, 5.41) is 113. The molecule has 0 aromatic heterocycles. The fourth-order valence-corrected chi connectivity index (χ4v) is 11.9. The number of benzene rings is 7. The van der Waals surface area contributed by atoms with Gasteiger partial charge in [-0.25, -0.2) is 0 Å². The largest absolute Gasteiger partial charge is 0.508 e. The number of nitrogens with one attached hydrogen (secondary N) is 8. The van der Waals surface area contributed by atoms with Crippen LogP contribution in [0.25, 0.3) is 11.1 Å². The molecule has 0 fully saturated rings. The zero-order chi connectivity index (χ0) is 67.8. The molecule has 13 rings (SSSR count). The second kappa shape index (κ2) is 27.2. The average Bonchev–Trinajstić information content (AvgIpc) is 0.779. The Hall–Kier alpha value is -10.6. The third-order valence-electron chi connectivity index (χ3n) is 16.2. The molecular weight excluding hydrogens is 1280 g/mol. The summed E-state index contributed by atoms with van der Waals surface area (Å²) < 4.78 is 18.7. The third-order valence-corrected chi connectivity index (χ3v) is 16.8. The zero-order valence-corrected chi connectivity index (χ0v) is 52.1. The lowest BCUT2D eigenvalue weighted by Crippen LogP contribution is -2.56. The van der Waals surface area contributed by atoms with Crippen molar-refractivity contribution in [3.63, 3.8) is 0 Å². The first kappa shape index (κ1) is 65.9. The SMILES string of the molecule is CC(CO)N[C@H]1C(=O)N[C@@H]2Cc3ccc(c(Cl)c3)Oc3cc4cc(c3O)Oc3ccc(cc3Cl)[C@@H](O)[C@@H]3NC(=O)[C@H](NC(=O)[C@@H]4NC(=O)[C@@H](NC2=O)c2cc(O)cc(c2)Oc2cc1ccc2O)c1ccc(O)c(c1)-c1c(O)cc(O)cc1[C@@H](C(=O)NCCCN(C)C)NC3=O. The van der Waals surface area contributed by atoms with Gasteiger partial charge in [-0.3, -0.25) is 38.9 Å². The molecule has 29 heteroatoms. The number of aliphatic hydroxyl groups is 2. The van der Waals surface area contributed by atoms with Crippen molar-refractivity contribution in [2.75, 3.05) is 33.8 Å². The molecule has 6 aliphatic rings. The summed E-state index contributed by atoms with van der Waals surface area (Å²) in [5.41, 5.74) is -1.40. The number of ether oxygens (including phenoxy) is 3. The van der Waals surface area contributed by atoms with Gasteiger partial charge >= 0.3 is 0 Å². The van der Waals surface area contributed by atoms with E-state index in [1.165, 1.54) is 66.7 Å². The molecule has 7 amide bonds. The first-order chi connectivity index (χ1) is 45.3. The number of phenolic OH excluding ortho intramolecular Hbond substituents is 6. The monoisotopic (exact) mass is 1340 g/mol. The highest BCUT2D eigenvalue weighted by Gasteiger charge is 2.42. The van der Waals surface area contributed by atoms with Crippen LogP contribution in [0, 0.1) is 0 Å². The van der Waals surface area contributed by atoms with Gasteiger partial charge in [-0.1, -0.05) is 47.5 Å². The second-order valence-electron chi connectivity index (χ2n) is 23.4. The maximum absolute atomic E-state index is 15.9. The first-order valence-electron chi connectivity index (χ1n) is 29.6. The average molecular weight is 1340 g/mol. The Bertz CT molecular complexity index is 4270. The van der Waals surface area contributed by atoms with Crippen LogP contribution in [0.5, 0.6) is 69.0 Å². The van der Waals surface area contributed by atoms with Gasteiger partial charge in [0.25, 0.3) is 0 Å². The number of hydrogen-bond donors (Lipinski definition) is 16. The van der Waals surface area contributed by atoms with E-state index < -0.39 is 148 Å². The van der Waals surface area contributed by atoms with E-state index in [1.807, 2.05) is 19.0 Å². The van der Waals surface area contributed by atoms with Crippen LogP contribution >= 0.6 is 23.2 Å². The van der Waals surface area contributed by atoms with Gasteiger partial charge in [-0.15, -0.1) is 0 Å². The summed E-state index contributed by atoms with van der Waals surface area (Å²) in [4.78, 5) is 109. The normalized spacial score (nSPS) is 21.3.